The average Bonchev–Trinajstić information content (AvgIpc) is 2.45. The van der Waals surface area contributed by atoms with Gasteiger partial charge in [0.25, 0.3) is 5.56 Å². The van der Waals surface area contributed by atoms with Gasteiger partial charge in [0, 0.05) is 16.7 Å². The molecule has 0 fully saturated rings. The fourth-order valence-electron chi connectivity index (χ4n) is 2.16. The van der Waals surface area contributed by atoms with Crippen LogP contribution in [0.1, 0.15) is 26.3 Å². The predicted molar refractivity (Wildman–Crippen MR) is 94.1 cm³/mol. The molecule has 7 heteroatoms. The lowest BCUT2D eigenvalue weighted by Gasteiger charge is -2.19. The van der Waals surface area contributed by atoms with E-state index in [-0.39, 0.29) is 0 Å². The highest BCUT2D eigenvalue weighted by Gasteiger charge is 2.18. The Morgan fingerprint density at radius 2 is 1.92 bits per heavy atom. The first-order valence-corrected chi connectivity index (χ1v) is 8.21. The van der Waals surface area contributed by atoms with Gasteiger partial charge in [0.2, 0.25) is 0 Å². The van der Waals surface area contributed by atoms with E-state index in [0.29, 0.717) is 6.54 Å². The molecule has 0 saturated carbocycles. The van der Waals surface area contributed by atoms with E-state index in [2.05, 4.69) is 15.9 Å². The summed E-state index contributed by atoms with van der Waals surface area (Å²) in [7, 11) is 0. The van der Waals surface area contributed by atoms with Gasteiger partial charge in [-0.2, -0.15) is 0 Å². The topological polar surface area (TPSA) is 70.3 Å². The zero-order valence-electron chi connectivity index (χ0n) is 13.8. The van der Waals surface area contributed by atoms with Crippen molar-refractivity contribution >= 4 is 21.9 Å². The quantitative estimate of drug-likeness (QED) is 0.744. The van der Waals surface area contributed by atoms with Crippen molar-refractivity contribution in [2.45, 2.75) is 39.5 Å². The van der Waals surface area contributed by atoms with Gasteiger partial charge < -0.3 is 4.74 Å². The largest absolute Gasteiger partial charge is 0.459 e. The van der Waals surface area contributed by atoms with Crippen LogP contribution in [-0.2, 0) is 22.6 Å². The third-order valence-corrected chi connectivity index (χ3v) is 3.58. The standard InChI is InChI=1S/C17H19BrN2O4/c1-17(2,3)24-15(22)11-20-14(21)7-8-19(16(20)23)10-12-5-4-6-13(18)9-12/h4-9H,10-11H2,1-3H3. The third-order valence-electron chi connectivity index (χ3n) is 3.09. The minimum atomic E-state index is -0.676. The second-order valence-corrected chi connectivity index (χ2v) is 7.28. The molecule has 1 aromatic carbocycles. The maximum Gasteiger partial charge on any atom is 0.331 e. The zero-order valence-corrected chi connectivity index (χ0v) is 15.4. The number of rotatable bonds is 4. The molecule has 0 unspecified atom stereocenters. The van der Waals surface area contributed by atoms with Crippen LogP contribution < -0.4 is 11.2 Å². The van der Waals surface area contributed by atoms with Crippen molar-refractivity contribution in [2.24, 2.45) is 0 Å². The Morgan fingerprint density at radius 3 is 2.54 bits per heavy atom. The molecule has 2 rings (SSSR count). The summed E-state index contributed by atoms with van der Waals surface area (Å²) >= 11 is 3.38. The number of halogens is 1. The van der Waals surface area contributed by atoms with Gasteiger partial charge in [-0.15, -0.1) is 0 Å². The smallest absolute Gasteiger partial charge is 0.331 e. The summed E-state index contributed by atoms with van der Waals surface area (Å²) in [4.78, 5) is 36.3. The molecule has 0 N–H and O–H groups in total. The van der Waals surface area contributed by atoms with Gasteiger partial charge in [-0.05, 0) is 38.5 Å². The van der Waals surface area contributed by atoms with Gasteiger partial charge in [-0.25, -0.2) is 9.36 Å². The van der Waals surface area contributed by atoms with Crippen LogP contribution >= 0.6 is 15.9 Å². The summed E-state index contributed by atoms with van der Waals surface area (Å²) in [5, 5.41) is 0. The van der Waals surface area contributed by atoms with E-state index in [0.717, 1.165) is 14.6 Å². The summed E-state index contributed by atoms with van der Waals surface area (Å²) in [6, 6.07) is 8.77. The minimum Gasteiger partial charge on any atom is -0.459 e. The Balaban J connectivity index is 2.29. The molecule has 128 valence electrons. The van der Waals surface area contributed by atoms with Crippen molar-refractivity contribution in [3.63, 3.8) is 0 Å². The Hall–Kier alpha value is -2.15. The van der Waals surface area contributed by atoms with E-state index in [1.807, 2.05) is 24.3 Å². The van der Waals surface area contributed by atoms with Crippen molar-refractivity contribution in [3.8, 4) is 0 Å². The first-order valence-electron chi connectivity index (χ1n) is 7.42. The molecule has 0 spiro atoms. The van der Waals surface area contributed by atoms with Crippen LogP contribution in [0.25, 0.3) is 0 Å². The van der Waals surface area contributed by atoms with E-state index in [1.54, 1.807) is 20.8 Å². The molecule has 0 amide bonds. The summed E-state index contributed by atoms with van der Waals surface area (Å²) in [5.74, 6) is -0.623. The van der Waals surface area contributed by atoms with Gasteiger partial charge in [0.05, 0.1) is 6.54 Å². The molecule has 2 aromatic rings. The zero-order chi connectivity index (χ0) is 17.9. The fraction of sp³-hybridized carbons (Fsp3) is 0.353. The van der Waals surface area contributed by atoms with Crippen LogP contribution in [-0.4, -0.2) is 20.7 Å². The summed E-state index contributed by atoms with van der Waals surface area (Å²) in [6.45, 7) is 5.07. The number of esters is 1. The van der Waals surface area contributed by atoms with Crippen molar-refractivity contribution in [3.05, 3.63) is 67.4 Å². The summed E-state index contributed by atoms with van der Waals surface area (Å²) < 4.78 is 8.33. The number of carbonyl (C=O) groups is 1. The molecule has 0 aliphatic rings. The van der Waals surface area contributed by atoms with Crippen LogP contribution in [0.2, 0.25) is 0 Å². The lowest BCUT2D eigenvalue weighted by molar-refractivity contribution is -0.155. The SMILES string of the molecule is CC(C)(C)OC(=O)Cn1c(=O)ccn(Cc2cccc(Br)c2)c1=O. The first-order chi connectivity index (χ1) is 11.2. The van der Waals surface area contributed by atoms with Gasteiger partial charge >= 0.3 is 11.7 Å². The molecule has 24 heavy (non-hydrogen) atoms. The molecular formula is C17H19BrN2O4. The second kappa shape index (κ2) is 7.17. The van der Waals surface area contributed by atoms with Crippen LogP contribution in [0.15, 0.2) is 50.6 Å². The first kappa shape index (κ1) is 18.2. The second-order valence-electron chi connectivity index (χ2n) is 6.37. The van der Waals surface area contributed by atoms with Gasteiger partial charge in [0.1, 0.15) is 12.1 Å². The normalized spacial score (nSPS) is 11.3. The van der Waals surface area contributed by atoms with Crippen molar-refractivity contribution in [1.82, 2.24) is 9.13 Å². The molecule has 0 saturated heterocycles. The molecule has 0 radical (unpaired) electrons. The fourth-order valence-corrected chi connectivity index (χ4v) is 2.60. The predicted octanol–water partition coefficient (Wildman–Crippen LogP) is 2.16. The lowest BCUT2D eigenvalue weighted by Crippen LogP contribution is -2.42. The van der Waals surface area contributed by atoms with Crippen molar-refractivity contribution in [2.75, 3.05) is 0 Å². The van der Waals surface area contributed by atoms with E-state index >= 15 is 0 Å². The van der Waals surface area contributed by atoms with Crippen molar-refractivity contribution < 1.29 is 9.53 Å². The number of benzene rings is 1. The van der Waals surface area contributed by atoms with Gasteiger partial charge in [-0.3, -0.25) is 14.2 Å². The highest BCUT2D eigenvalue weighted by molar-refractivity contribution is 9.10. The van der Waals surface area contributed by atoms with Crippen molar-refractivity contribution in [1.29, 1.82) is 0 Å². The Bertz CT molecular complexity index is 862. The van der Waals surface area contributed by atoms with Crippen LogP contribution in [0.3, 0.4) is 0 Å². The molecule has 1 heterocycles. The molecular weight excluding hydrogens is 376 g/mol. The van der Waals surface area contributed by atoms with E-state index in [1.165, 1.54) is 16.8 Å². The third kappa shape index (κ3) is 4.92. The number of nitrogens with zero attached hydrogens (tertiary/aromatic N) is 2. The molecule has 0 aliphatic heterocycles. The Kier molecular flexibility index (Phi) is 5.43. The number of ether oxygens (including phenoxy) is 1. The molecule has 0 aliphatic carbocycles. The number of hydrogen-bond donors (Lipinski definition) is 0. The Morgan fingerprint density at radius 1 is 1.21 bits per heavy atom. The average molecular weight is 395 g/mol. The molecule has 1 aromatic heterocycles. The minimum absolute atomic E-state index is 0.298. The van der Waals surface area contributed by atoms with Gasteiger partial charge in [0.15, 0.2) is 0 Å². The summed E-state index contributed by atoms with van der Waals surface area (Å²) in [5.41, 5.74) is -0.858. The van der Waals surface area contributed by atoms with E-state index < -0.39 is 29.4 Å². The number of aromatic nitrogens is 2. The molecule has 0 bridgehead atoms. The van der Waals surface area contributed by atoms with Crippen LogP contribution in [0, 0.1) is 0 Å². The van der Waals surface area contributed by atoms with E-state index in [4.69, 9.17) is 4.74 Å². The Labute approximate surface area is 147 Å². The summed E-state index contributed by atoms with van der Waals surface area (Å²) in [6.07, 6.45) is 1.43. The number of hydrogen-bond acceptors (Lipinski definition) is 4. The highest BCUT2D eigenvalue weighted by Crippen LogP contribution is 2.12. The van der Waals surface area contributed by atoms with Crippen LogP contribution in [0.5, 0.6) is 0 Å². The maximum atomic E-state index is 12.5. The van der Waals surface area contributed by atoms with Crippen LogP contribution in [0.4, 0.5) is 0 Å². The maximum absolute atomic E-state index is 12.5. The molecule has 0 atom stereocenters. The molecule has 6 nitrogen and oxygen atoms in total. The lowest BCUT2D eigenvalue weighted by atomic mass is 10.2. The highest BCUT2D eigenvalue weighted by atomic mass is 79.9. The number of carbonyl (C=O) groups excluding carboxylic acids is 1. The van der Waals surface area contributed by atoms with E-state index in [9.17, 15) is 14.4 Å². The van der Waals surface area contributed by atoms with Gasteiger partial charge in [-0.1, -0.05) is 28.1 Å². The monoisotopic (exact) mass is 394 g/mol.